The van der Waals surface area contributed by atoms with E-state index in [0.29, 0.717) is 66.7 Å². The number of unbranched alkanes of at least 4 members (excludes halogenated alkanes) is 2. The van der Waals surface area contributed by atoms with Crippen LogP contribution in [0.25, 0.3) is 22.2 Å². The number of nitrogens with zero attached hydrogens (tertiary/aromatic N) is 9. The number of aliphatic hydroxyl groups is 2. The van der Waals surface area contributed by atoms with Gasteiger partial charge in [0, 0.05) is 91.0 Å². The van der Waals surface area contributed by atoms with Gasteiger partial charge in [-0.3, -0.25) is 42.4 Å². The number of nitrogens with two attached hydrogens (primary N) is 2. The zero-order chi connectivity index (χ0) is 91.9. The van der Waals surface area contributed by atoms with Crippen molar-refractivity contribution in [2.75, 3.05) is 112 Å². The third-order valence-corrected chi connectivity index (χ3v) is 28.1. The van der Waals surface area contributed by atoms with Crippen LogP contribution in [-0.4, -0.2) is 255 Å². The molecule has 126 heavy (non-hydrogen) atoms. The van der Waals surface area contributed by atoms with E-state index in [-0.39, 0.29) is 129 Å². The highest BCUT2D eigenvalue weighted by Crippen LogP contribution is 2.66. The zero-order valence-electron chi connectivity index (χ0n) is 68.0. The van der Waals surface area contributed by atoms with Gasteiger partial charge in [-0.15, -0.1) is 0 Å². The molecule has 4 aromatic heterocycles. The third-order valence-electron chi connectivity index (χ3n) is 19.6. The molecule has 10 rings (SSSR count). The summed E-state index contributed by atoms with van der Waals surface area (Å²) in [5.41, 5.74) is 15.8. The quantitative estimate of drug-likeness (QED) is 0.00475. The van der Waals surface area contributed by atoms with E-state index in [9.17, 15) is 93.2 Å². The first-order valence-corrected chi connectivity index (χ1v) is 49.9. The minimum Gasteiger partial charge on any atom is -0.449 e. The molecule has 2 fully saturated rings. The Morgan fingerprint density at radius 1 is 0.746 bits per heavy atom. The lowest BCUT2D eigenvalue weighted by atomic mass is 9.81. The van der Waals surface area contributed by atoms with E-state index >= 15 is 0 Å². The number of rotatable bonds is 45. The van der Waals surface area contributed by atoms with Crippen molar-refractivity contribution in [3.63, 3.8) is 0 Å². The Morgan fingerprint density at radius 2 is 1.44 bits per heavy atom. The molecule has 9 atom stereocenters. The van der Waals surface area contributed by atoms with Crippen LogP contribution in [0.5, 0.6) is 0 Å². The number of hydrogen-bond donors (Lipinski definition) is 16. The zero-order valence-corrected chi connectivity index (χ0v) is 74.9. The highest BCUT2D eigenvalue weighted by molar-refractivity contribution is 8.76. The summed E-state index contributed by atoms with van der Waals surface area (Å²) in [6.07, 6.45) is 5.85. The monoisotopic (exact) mass is 1920 g/mol. The second kappa shape index (κ2) is 43.1. The van der Waals surface area contributed by atoms with Gasteiger partial charge < -0.3 is 105 Å². The fourth-order valence-electron chi connectivity index (χ4n) is 13.8. The second-order valence-corrected chi connectivity index (χ2v) is 40.4. The molecule has 0 bridgehead atoms. The lowest BCUT2D eigenvalue weighted by Gasteiger charge is -2.25. The van der Waals surface area contributed by atoms with Crippen LogP contribution < -0.4 is 37.6 Å². The van der Waals surface area contributed by atoms with Crippen molar-refractivity contribution in [3.05, 3.63) is 108 Å². The number of carbonyl (C=O) groups excluding carboxylic acids is 4. The van der Waals surface area contributed by atoms with E-state index in [4.69, 9.17) is 49.7 Å². The molecule has 6 aromatic rings. The Morgan fingerprint density at radius 3 is 2.14 bits per heavy atom. The van der Waals surface area contributed by atoms with Crippen molar-refractivity contribution in [3.8, 4) is 11.8 Å². The van der Waals surface area contributed by atoms with Gasteiger partial charge in [-0.25, -0.2) is 38.0 Å². The molecule has 18 N–H and O–H groups in total. The number of anilines is 4. The molecular formula is C71H96N15O32P4S4+. The molecule has 0 radical (unpaired) electrons. The molecule has 2 saturated heterocycles. The Labute approximate surface area is 728 Å². The molecule has 47 nitrogen and oxygen atoms in total. The van der Waals surface area contributed by atoms with E-state index in [1.165, 1.54) is 73.8 Å². The average Bonchev–Trinajstić information content (AvgIpc) is 1.59. The van der Waals surface area contributed by atoms with Gasteiger partial charge in [0.05, 0.1) is 91.4 Å². The fourth-order valence-corrected chi connectivity index (χ4v) is 20.6. The number of phosphoric acid groups is 4. The number of carbonyl (C=O) groups is 4. The molecule has 4 amide bonds. The third kappa shape index (κ3) is 27.3. The summed E-state index contributed by atoms with van der Waals surface area (Å²) < 4.78 is 170. The van der Waals surface area contributed by atoms with Crippen LogP contribution in [0.15, 0.2) is 101 Å². The number of amides is 4. The fraction of sp³-hybridized carbons (Fsp3) is 0.493. The van der Waals surface area contributed by atoms with E-state index in [1.54, 1.807) is 12.1 Å². The molecule has 0 spiro atoms. The summed E-state index contributed by atoms with van der Waals surface area (Å²) in [6.45, 7) is 9.70. The molecule has 0 saturated carbocycles. The Hall–Kier alpha value is -8.10. The normalized spacial score (nSPS) is 20.3. The summed E-state index contributed by atoms with van der Waals surface area (Å²) in [5.74, 6) is 4.25. The van der Waals surface area contributed by atoms with Gasteiger partial charge >= 0.3 is 37.4 Å². The first-order valence-electron chi connectivity index (χ1n) is 38.5. The number of phosphoric ester groups is 2. The first-order chi connectivity index (χ1) is 59.2. The van der Waals surface area contributed by atoms with Gasteiger partial charge in [-0.2, -0.15) is 40.0 Å². The molecule has 690 valence electrons. The van der Waals surface area contributed by atoms with Gasteiger partial charge in [0.2, 0.25) is 29.4 Å². The number of nitrogen functional groups attached to an aromatic ring is 2. The van der Waals surface area contributed by atoms with Gasteiger partial charge in [-0.05, 0) is 82.0 Å². The van der Waals surface area contributed by atoms with Crippen LogP contribution in [0.3, 0.4) is 0 Å². The second-order valence-electron chi connectivity index (χ2n) is 29.3. The summed E-state index contributed by atoms with van der Waals surface area (Å²) in [7, 11) is -28.5. The maximum absolute atomic E-state index is 13.9. The summed E-state index contributed by atoms with van der Waals surface area (Å²) in [6, 6.07) is 7.90. The SMILES string of the molecule is CCN1/C(=C/C=C/C=C/C2=[N+](CCCCCC(=O)NC(CSSCCCOC(=O)Nc3nc(N)nc4c3ncn4[C@@H]3C[C@H](O)[C@@H](COP(=O)(O)OP(=O)(O)OP(=O)(O)O)O3)C(=O)NCCOCCOCCOCC(=O)NCC#Cc3cn(C4CC(O)C(OP(=O)(O)O)O4)c4ncnc(N)c34)c3ccc(S(=O)(=O)O)cc3C2(C)C)C(C)(C)c2cc(S(=O)(=O)O)ccc21. The number of fused-ring (bicyclic) bond motifs is 4. The van der Waals surface area contributed by atoms with E-state index in [2.05, 4.69) is 85.2 Å². The van der Waals surface area contributed by atoms with Crippen molar-refractivity contribution in [2.24, 2.45) is 0 Å². The first kappa shape index (κ1) is 100. The number of imidazole rings is 1. The number of hydrogen-bond acceptors (Lipinski definition) is 34. The highest BCUT2D eigenvalue weighted by Gasteiger charge is 2.48. The topological polar surface area (TPSA) is 680 Å². The molecule has 8 heterocycles. The van der Waals surface area contributed by atoms with Crippen LogP contribution in [0.1, 0.15) is 109 Å². The highest BCUT2D eigenvalue weighted by atomic mass is 33.1. The Balaban J connectivity index is 0.691. The largest absolute Gasteiger partial charge is 0.490 e. The van der Waals surface area contributed by atoms with Crippen LogP contribution in [-0.2, 0) is 110 Å². The maximum atomic E-state index is 13.9. The molecule has 6 unspecified atom stereocenters. The van der Waals surface area contributed by atoms with Crippen LogP contribution in [0.2, 0.25) is 0 Å². The Kier molecular flexibility index (Phi) is 34.2. The predicted octanol–water partition coefficient (Wildman–Crippen LogP) is 4.53. The number of aliphatic hydroxyl groups excluding tert-OH is 2. The van der Waals surface area contributed by atoms with Crippen LogP contribution in [0, 0.1) is 11.8 Å². The standard InChI is InChI=1S/C71H95N15O32P4S4/c1-6-83-49-21-19-44(125(103,104)105)33-46(49)70(2,3)54(83)16-9-7-10-17-55-71(4,5)47-34-45(126(106,107)108)20-22-50(47)84(55)25-12-8-11-18-56(89)79-48(40-124-123-32-14-26-112-69(92)81-63-61-65(82-68(73)80-63)86(42-78-61)59-35-51(87)53(114-59)38-113-121(99,100)118-122(101,102)117-120(96,97)98)66(91)75-24-27-109-28-29-110-30-31-111-39-57(90)74-23-13-15-43-37-85(64-60(43)62(72)76-41-77-64)58-36-52(88)67(115-58)116-119(93,94)95/h7,9-10,16-17,19-22,33-34,37,41-42,48,51-53,58-59,67,87-88H,6,8,11-12,14,18,23-32,35-36,38-40H2,1-5H3,(H15-,72,73,74,75,76,77,79,80,81,82,89,90,91,92,93,94,95,96,97,98,99,100,101,102,103,104,105,106,107,108)/p+1/t48?,51-,52?,53+,58?,59-,67?/m0/s1. The molecule has 4 aliphatic heterocycles. The van der Waals surface area contributed by atoms with Crippen LogP contribution in [0.4, 0.5) is 33.8 Å². The average molecular weight is 1920 g/mol. The van der Waals surface area contributed by atoms with E-state index < -0.39 is 136 Å². The lowest BCUT2D eigenvalue weighted by molar-refractivity contribution is -0.438. The van der Waals surface area contributed by atoms with Crippen molar-refractivity contribution >= 4 is 154 Å². The summed E-state index contributed by atoms with van der Waals surface area (Å²) >= 11 is 0. The van der Waals surface area contributed by atoms with Crippen molar-refractivity contribution in [1.29, 1.82) is 0 Å². The summed E-state index contributed by atoms with van der Waals surface area (Å²) in [5, 5.41) is 32.1. The number of nitrogens with one attached hydrogen (secondary N) is 4. The van der Waals surface area contributed by atoms with E-state index in [1.807, 2.05) is 65.0 Å². The predicted molar refractivity (Wildman–Crippen MR) is 452 cm³/mol. The number of aromatic nitrogens is 7. The number of likely N-dealkylation sites (N-methyl/N-ethyl adjacent to an activating group) is 1. The van der Waals surface area contributed by atoms with Crippen molar-refractivity contribution in [1.82, 2.24) is 50.0 Å². The lowest BCUT2D eigenvalue weighted by Crippen LogP contribution is -2.48. The minimum absolute atomic E-state index is 0.0209. The molecule has 4 aliphatic rings. The number of benzene rings is 2. The van der Waals surface area contributed by atoms with E-state index in [0.717, 1.165) is 22.7 Å². The van der Waals surface area contributed by atoms with Crippen molar-refractivity contribution < 1.29 is 154 Å². The number of ether oxygens (including phenoxy) is 6. The Bertz CT molecular complexity index is 5640. The van der Waals surface area contributed by atoms with Gasteiger partial charge in [0.25, 0.3) is 20.2 Å². The molecule has 0 aliphatic carbocycles. The smallest absolute Gasteiger partial charge is 0.449 e. The van der Waals surface area contributed by atoms with Gasteiger partial charge in [-0.1, -0.05) is 65.5 Å². The number of allylic oxidation sites excluding steroid dienone is 6. The van der Waals surface area contributed by atoms with Gasteiger partial charge in [0.15, 0.2) is 29.0 Å². The molecule has 55 heteroatoms. The molecular weight excluding hydrogens is 1830 g/mol. The maximum Gasteiger partial charge on any atom is 0.490 e. The van der Waals surface area contributed by atoms with Gasteiger partial charge in [0.1, 0.15) is 61.6 Å². The molecule has 2 aromatic carbocycles. The van der Waals surface area contributed by atoms with Crippen molar-refractivity contribution in [2.45, 2.75) is 143 Å². The minimum atomic E-state index is -5.83. The van der Waals surface area contributed by atoms with Crippen LogP contribution >= 0.6 is 52.9 Å². The summed E-state index contributed by atoms with van der Waals surface area (Å²) in [4.78, 5) is 131.